The van der Waals surface area contributed by atoms with Crippen LogP contribution in [-0.4, -0.2) is 48.9 Å². The lowest BCUT2D eigenvalue weighted by Gasteiger charge is -2.26. The molecule has 0 aliphatic carbocycles. The van der Waals surface area contributed by atoms with Gasteiger partial charge in [-0.3, -0.25) is 4.79 Å². The highest BCUT2D eigenvalue weighted by molar-refractivity contribution is 6.01. The Bertz CT molecular complexity index is 1170. The van der Waals surface area contributed by atoms with Crippen molar-refractivity contribution in [3.63, 3.8) is 0 Å². The SMILES string of the molecule is O=C(c1cccc(F)c1-c1ncccn1)N1[C@H]2CC[C@@H]1[C@@H](Nc1cnc(C(F)(F)F)cn1)C2. The van der Waals surface area contributed by atoms with Crippen molar-refractivity contribution in [3.05, 3.63) is 66.1 Å². The highest BCUT2D eigenvalue weighted by Gasteiger charge is 2.49. The third-order valence-electron chi connectivity index (χ3n) is 6.08. The third-order valence-corrected chi connectivity index (χ3v) is 6.08. The number of hydrogen-bond donors (Lipinski definition) is 1. The maximum Gasteiger partial charge on any atom is 0.434 e. The Balaban J connectivity index is 1.39. The zero-order valence-electron chi connectivity index (χ0n) is 17.1. The first-order valence-electron chi connectivity index (χ1n) is 10.4. The number of fused-ring (bicyclic) bond motifs is 2. The van der Waals surface area contributed by atoms with Crippen molar-refractivity contribution >= 4 is 11.7 Å². The fraction of sp³-hybridized carbons (Fsp3) is 0.318. The molecule has 0 saturated carbocycles. The second-order valence-electron chi connectivity index (χ2n) is 8.02. The summed E-state index contributed by atoms with van der Waals surface area (Å²) in [5.41, 5.74) is -0.847. The smallest absolute Gasteiger partial charge is 0.364 e. The molecular formula is C22H18F4N6O. The van der Waals surface area contributed by atoms with Crippen LogP contribution >= 0.6 is 0 Å². The van der Waals surface area contributed by atoms with Gasteiger partial charge >= 0.3 is 6.18 Å². The molecule has 33 heavy (non-hydrogen) atoms. The van der Waals surface area contributed by atoms with Crippen LogP contribution in [0.15, 0.2) is 49.1 Å². The van der Waals surface area contributed by atoms with Crippen molar-refractivity contribution < 1.29 is 22.4 Å². The van der Waals surface area contributed by atoms with Crippen molar-refractivity contribution in [2.75, 3.05) is 5.32 Å². The van der Waals surface area contributed by atoms with E-state index in [2.05, 4.69) is 25.3 Å². The number of halogens is 4. The van der Waals surface area contributed by atoms with Crippen LogP contribution < -0.4 is 5.32 Å². The van der Waals surface area contributed by atoms with Crippen LogP contribution in [-0.2, 0) is 6.18 Å². The van der Waals surface area contributed by atoms with Gasteiger partial charge in [0.1, 0.15) is 11.6 Å². The lowest BCUT2D eigenvalue weighted by atomic mass is 9.95. The molecule has 170 valence electrons. The molecule has 0 spiro atoms. The number of nitrogens with zero attached hydrogens (tertiary/aromatic N) is 5. The van der Waals surface area contributed by atoms with Gasteiger partial charge in [0.2, 0.25) is 0 Å². The Morgan fingerprint density at radius 2 is 1.82 bits per heavy atom. The molecule has 3 atom stereocenters. The summed E-state index contributed by atoms with van der Waals surface area (Å²) in [5, 5.41) is 3.11. The topological polar surface area (TPSA) is 83.9 Å². The van der Waals surface area contributed by atoms with E-state index in [-0.39, 0.29) is 46.8 Å². The molecule has 2 aliphatic rings. The Morgan fingerprint density at radius 3 is 2.52 bits per heavy atom. The van der Waals surface area contributed by atoms with Gasteiger partial charge in [-0.05, 0) is 37.5 Å². The summed E-state index contributed by atoms with van der Waals surface area (Å²) in [6.45, 7) is 0. The van der Waals surface area contributed by atoms with Crippen molar-refractivity contribution in [3.8, 4) is 11.4 Å². The molecule has 1 N–H and O–H groups in total. The van der Waals surface area contributed by atoms with E-state index in [4.69, 9.17) is 0 Å². The van der Waals surface area contributed by atoms with Crippen LogP contribution in [0.3, 0.4) is 0 Å². The lowest BCUT2D eigenvalue weighted by Crippen LogP contribution is -2.40. The summed E-state index contributed by atoms with van der Waals surface area (Å²) in [4.78, 5) is 30.7. The summed E-state index contributed by atoms with van der Waals surface area (Å²) in [6.07, 6.45) is 2.23. The number of anilines is 1. The first kappa shape index (κ1) is 21.2. The number of benzene rings is 1. The number of alkyl halides is 3. The van der Waals surface area contributed by atoms with Gasteiger partial charge in [0.15, 0.2) is 11.5 Å². The molecule has 7 nitrogen and oxygen atoms in total. The van der Waals surface area contributed by atoms with Crippen LogP contribution in [0, 0.1) is 5.82 Å². The van der Waals surface area contributed by atoms with Crippen LogP contribution in [0.1, 0.15) is 35.3 Å². The summed E-state index contributed by atoms with van der Waals surface area (Å²) in [6, 6.07) is 5.40. The minimum atomic E-state index is -4.56. The number of amides is 1. The highest BCUT2D eigenvalue weighted by atomic mass is 19.4. The average molecular weight is 458 g/mol. The third kappa shape index (κ3) is 3.87. The van der Waals surface area contributed by atoms with Crippen molar-refractivity contribution in [1.29, 1.82) is 0 Å². The number of hydrogen-bond acceptors (Lipinski definition) is 6. The van der Waals surface area contributed by atoms with Gasteiger partial charge in [0, 0.05) is 18.4 Å². The molecule has 5 rings (SSSR count). The van der Waals surface area contributed by atoms with Crippen molar-refractivity contribution in [2.45, 2.75) is 43.6 Å². The predicted molar refractivity (Wildman–Crippen MR) is 109 cm³/mol. The molecule has 3 aromatic rings. The first-order chi connectivity index (χ1) is 15.8. The standard InChI is InChI=1S/C22H18F4N6O/c23-14-4-1-3-13(19(14)20-27-7-2-8-28-20)21(33)32-12-5-6-16(32)15(9-12)31-18-11-29-17(10-30-18)22(24,25)26/h1-4,7-8,10-12,15-16H,5-6,9H2,(H,30,31)/t12-,15-,16+/m0/s1. The van der Waals surface area contributed by atoms with Gasteiger partial charge in [-0.25, -0.2) is 24.3 Å². The van der Waals surface area contributed by atoms with E-state index in [1.165, 1.54) is 24.5 Å². The molecular weight excluding hydrogens is 440 g/mol. The van der Waals surface area contributed by atoms with E-state index in [0.717, 1.165) is 12.6 Å². The first-order valence-corrected chi connectivity index (χ1v) is 10.4. The molecule has 0 unspecified atom stereocenters. The number of nitrogens with one attached hydrogen (secondary N) is 1. The van der Waals surface area contributed by atoms with Crippen LogP contribution in [0.5, 0.6) is 0 Å². The monoisotopic (exact) mass is 458 g/mol. The van der Waals surface area contributed by atoms with Gasteiger partial charge < -0.3 is 10.2 Å². The number of carbonyl (C=O) groups is 1. The Labute approximate surface area is 185 Å². The largest absolute Gasteiger partial charge is 0.434 e. The highest BCUT2D eigenvalue weighted by Crippen LogP contribution is 2.41. The van der Waals surface area contributed by atoms with E-state index in [1.54, 1.807) is 17.0 Å². The maximum atomic E-state index is 14.7. The van der Waals surface area contributed by atoms with Gasteiger partial charge in [-0.2, -0.15) is 13.2 Å². The molecule has 1 aromatic carbocycles. The molecule has 2 saturated heterocycles. The second-order valence-corrected chi connectivity index (χ2v) is 8.02. The molecule has 2 aromatic heterocycles. The number of carbonyl (C=O) groups excluding carboxylic acids is 1. The van der Waals surface area contributed by atoms with E-state index >= 15 is 0 Å². The van der Waals surface area contributed by atoms with Gasteiger partial charge in [0.25, 0.3) is 5.91 Å². The molecule has 2 fully saturated rings. The Kier molecular flexibility index (Phi) is 5.18. The van der Waals surface area contributed by atoms with Crippen LogP contribution in [0.25, 0.3) is 11.4 Å². The predicted octanol–water partition coefficient (Wildman–Crippen LogP) is 3.95. The maximum absolute atomic E-state index is 14.7. The molecule has 11 heteroatoms. The van der Waals surface area contributed by atoms with E-state index < -0.39 is 17.7 Å². The molecule has 2 aliphatic heterocycles. The summed E-state index contributed by atoms with van der Waals surface area (Å²) in [5.74, 6) is -0.585. The zero-order chi connectivity index (χ0) is 23.2. The van der Waals surface area contributed by atoms with E-state index in [1.807, 2.05) is 0 Å². The Hall–Kier alpha value is -3.63. The van der Waals surface area contributed by atoms with Gasteiger partial charge in [-0.1, -0.05) is 6.07 Å². The summed E-state index contributed by atoms with van der Waals surface area (Å²) < 4.78 is 52.9. The number of aromatic nitrogens is 4. The van der Waals surface area contributed by atoms with Crippen molar-refractivity contribution in [1.82, 2.24) is 24.8 Å². The minimum absolute atomic E-state index is 0.0486. The summed E-state index contributed by atoms with van der Waals surface area (Å²) in [7, 11) is 0. The quantitative estimate of drug-likeness (QED) is 0.596. The van der Waals surface area contributed by atoms with Crippen LogP contribution in [0.2, 0.25) is 0 Å². The van der Waals surface area contributed by atoms with E-state index in [0.29, 0.717) is 19.0 Å². The molecule has 2 bridgehead atoms. The molecule has 0 radical (unpaired) electrons. The number of rotatable bonds is 4. The second kappa shape index (κ2) is 8.05. The Morgan fingerprint density at radius 1 is 1.03 bits per heavy atom. The normalized spacial score (nSPS) is 21.9. The lowest BCUT2D eigenvalue weighted by molar-refractivity contribution is -0.141. The van der Waals surface area contributed by atoms with Crippen LogP contribution in [0.4, 0.5) is 23.4 Å². The van der Waals surface area contributed by atoms with Crippen molar-refractivity contribution in [2.24, 2.45) is 0 Å². The molecule has 4 heterocycles. The van der Waals surface area contributed by atoms with Gasteiger partial charge in [-0.15, -0.1) is 0 Å². The average Bonchev–Trinajstić information content (AvgIpc) is 3.36. The van der Waals surface area contributed by atoms with E-state index in [9.17, 15) is 22.4 Å². The molecule has 1 amide bonds. The fourth-order valence-electron chi connectivity index (χ4n) is 4.70. The van der Waals surface area contributed by atoms with Gasteiger partial charge in [0.05, 0.1) is 35.6 Å². The summed E-state index contributed by atoms with van der Waals surface area (Å²) >= 11 is 0. The fourth-order valence-corrected chi connectivity index (χ4v) is 4.70. The minimum Gasteiger partial charge on any atom is -0.364 e. The zero-order valence-corrected chi connectivity index (χ0v) is 17.1.